The van der Waals surface area contributed by atoms with Gasteiger partial charge in [0.1, 0.15) is 4.21 Å². The van der Waals surface area contributed by atoms with E-state index in [0.29, 0.717) is 0 Å². The molecule has 0 fully saturated rings. The Bertz CT molecular complexity index is 572. The summed E-state index contributed by atoms with van der Waals surface area (Å²) in [6.07, 6.45) is -6.91. The standard InChI is InChI=1S/C11H15ClF3NO3S2/c1-6(5-11(13,14)15)10(7(2)17)16-21(18,19)9-4-3-8(12)20-9/h3-4,6-7,10,16-17H,5H2,1-2H3/t6-,7?,10+/m1/s1. The van der Waals surface area contributed by atoms with Crippen molar-refractivity contribution in [1.29, 1.82) is 0 Å². The van der Waals surface area contributed by atoms with Crippen LogP contribution < -0.4 is 4.72 Å². The second-order valence-corrected chi connectivity index (χ2v) is 8.40. The Morgan fingerprint density at radius 1 is 1.38 bits per heavy atom. The van der Waals surface area contributed by atoms with Crippen molar-refractivity contribution in [2.45, 2.75) is 42.8 Å². The Morgan fingerprint density at radius 3 is 2.33 bits per heavy atom. The van der Waals surface area contributed by atoms with Crippen LogP contribution in [0.15, 0.2) is 16.3 Å². The molecule has 0 radical (unpaired) electrons. The highest BCUT2D eigenvalue weighted by Gasteiger charge is 2.37. The van der Waals surface area contributed by atoms with E-state index in [0.717, 1.165) is 11.3 Å². The number of halogens is 4. The van der Waals surface area contributed by atoms with Crippen LogP contribution in [-0.2, 0) is 10.0 Å². The van der Waals surface area contributed by atoms with Gasteiger partial charge in [-0.3, -0.25) is 0 Å². The molecule has 0 spiro atoms. The smallest absolute Gasteiger partial charge is 0.389 e. The van der Waals surface area contributed by atoms with E-state index in [-0.39, 0.29) is 8.55 Å². The fourth-order valence-electron chi connectivity index (χ4n) is 1.86. The zero-order valence-electron chi connectivity index (χ0n) is 11.2. The molecule has 10 heteroatoms. The van der Waals surface area contributed by atoms with Gasteiger partial charge in [-0.25, -0.2) is 13.1 Å². The summed E-state index contributed by atoms with van der Waals surface area (Å²) in [6, 6.07) is 1.37. The summed E-state index contributed by atoms with van der Waals surface area (Å²) in [6.45, 7) is 2.47. The number of nitrogens with one attached hydrogen (secondary N) is 1. The quantitative estimate of drug-likeness (QED) is 0.814. The lowest BCUT2D eigenvalue weighted by Crippen LogP contribution is -2.47. The van der Waals surface area contributed by atoms with Crippen LogP contribution in [-0.4, -0.2) is 31.8 Å². The fraction of sp³-hybridized carbons (Fsp3) is 0.636. The fourth-order valence-corrected chi connectivity index (χ4v) is 4.78. The molecule has 1 heterocycles. The van der Waals surface area contributed by atoms with E-state index in [1.807, 2.05) is 0 Å². The van der Waals surface area contributed by atoms with Gasteiger partial charge in [0, 0.05) is 6.42 Å². The van der Waals surface area contributed by atoms with Gasteiger partial charge in [-0.15, -0.1) is 11.3 Å². The average Bonchev–Trinajstić information content (AvgIpc) is 2.70. The molecule has 0 amide bonds. The summed E-state index contributed by atoms with van der Waals surface area (Å²) in [5.41, 5.74) is 0. The second-order valence-electron chi connectivity index (χ2n) is 4.74. The van der Waals surface area contributed by atoms with Gasteiger partial charge < -0.3 is 5.11 Å². The van der Waals surface area contributed by atoms with Crippen molar-refractivity contribution in [2.24, 2.45) is 5.92 Å². The number of thiophene rings is 1. The van der Waals surface area contributed by atoms with E-state index in [9.17, 15) is 26.7 Å². The molecule has 3 atom stereocenters. The highest BCUT2D eigenvalue weighted by molar-refractivity contribution is 7.91. The Morgan fingerprint density at radius 2 is 1.95 bits per heavy atom. The first-order chi connectivity index (χ1) is 9.42. The summed E-state index contributed by atoms with van der Waals surface area (Å²) in [5.74, 6) is -1.12. The number of aliphatic hydroxyl groups excluding tert-OH is 1. The van der Waals surface area contributed by atoms with E-state index < -0.39 is 40.7 Å². The van der Waals surface area contributed by atoms with Crippen LogP contribution in [0, 0.1) is 5.92 Å². The van der Waals surface area contributed by atoms with Gasteiger partial charge in [-0.2, -0.15) is 13.2 Å². The predicted octanol–water partition coefficient (Wildman–Crippen LogP) is 3.02. The molecular weight excluding hydrogens is 351 g/mol. The first-order valence-corrected chi connectivity index (χ1v) is 8.62. The maximum Gasteiger partial charge on any atom is 0.389 e. The van der Waals surface area contributed by atoms with Crippen LogP contribution >= 0.6 is 22.9 Å². The molecular formula is C11H15ClF3NO3S2. The number of hydrogen-bond donors (Lipinski definition) is 2. The minimum atomic E-state index is -4.44. The second kappa shape index (κ2) is 6.82. The topological polar surface area (TPSA) is 66.4 Å². The zero-order chi connectivity index (χ0) is 16.4. The molecule has 0 aliphatic rings. The third kappa shape index (κ3) is 5.74. The molecule has 0 bridgehead atoms. The number of alkyl halides is 3. The minimum Gasteiger partial charge on any atom is -0.392 e. The molecule has 1 rings (SSSR count). The maximum absolute atomic E-state index is 12.4. The summed E-state index contributed by atoms with van der Waals surface area (Å²) in [5, 5.41) is 9.58. The third-order valence-electron chi connectivity index (χ3n) is 2.79. The van der Waals surface area contributed by atoms with Gasteiger partial charge in [-0.1, -0.05) is 18.5 Å². The van der Waals surface area contributed by atoms with Gasteiger partial charge in [0.25, 0.3) is 0 Å². The number of hydrogen-bond acceptors (Lipinski definition) is 4. The summed E-state index contributed by atoms with van der Waals surface area (Å²) >= 11 is 6.43. The van der Waals surface area contributed by atoms with Gasteiger partial charge in [0.05, 0.1) is 16.5 Å². The van der Waals surface area contributed by atoms with Crippen LogP contribution in [0.2, 0.25) is 4.34 Å². The lowest BCUT2D eigenvalue weighted by atomic mass is 9.95. The molecule has 0 saturated carbocycles. The van der Waals surface area contributed by atoms with E-state index in [1.54, 1.807) is 0 Å². The van der Waals surface area contributed by atoms with Crippen molar-refractivity contribution in [1.82, 2.24) is 4.72 Å². The van der Waals surface area contributed by atoms with Crippen LogP contribution in [0.5, 0.6) is 0 Å². The molecule has 122 valence electrons. The van der Waals surface area contributed by atoms with Crippen LogP contribution in [0.3, 0.4) is 0 Å². The number of aliphatic hydroxyl groups is 1. The van der Waals surface area contributed by atoms with Crippen LogP contribution in [0.1, 0.15) is 20.3 Å². The van der Waals surface area contributed by atoms with Crippen molar-refractivity contribution in [3.63, 3.8) is 0 Å². The van der Waals surface area contributed by atoms with Gasteiger partial charge >= 0.3 is 6.18 Å². The van der Waals surface area contributed by atoms with Gasteiger partial charge in [-0.05, 0) is 25.0 Å². The Kier molecular flexibility index (Phi) is 6.08. The lowest BCUT2D eigenvalue weighted by Gasteiger charge is -2.27. The largest absolute Gasteiger partial charge is 0.392 e. The SMILES string of the molecule is CC(O)[C@@H](NS(=O)(=O)c1ccc(Cl)s1)[C@H](C)CC(F)(F)F. The Labute approximate surface area is 130 Å². The highest BCUT2D eigenvalue weighted by atomic mass is 35.5. The third-order valence-corrected chi connectivity index (χ3v) is 5.97. The van der Waals surface area contributed by atoms with E-state index in [4.69, 9.17) is 11.6 Å². The summed E-state index contributed by atoms with van der Waals surface area (Å²) < 4.78 is 63.6. The van der Waals surface area contributed by atoms with Crippen LogP contribution in [0.4, 0.5) is 13.2 Å². The molecule has 4 nitrogen and oxygen atoms in total. The molecule has 0 aliphatic carbocycles. The molecule has 0 aromatic carbocycles. The molecule has 0 saturated heterocycles. The van der Waals surface area contributed by atoms with E-state index in [1.165, 1.54) is 26.0 Å². The van der Waals surface area contributed by atoms with Crippen molar-refractivity contribution < 1.29 is 26.7 Å². The molecule has 1 unspecified atom stereocenters. The molecule has 21 heavy (non-hydrogen) atoms. The van der Waals surface area contributed by atoms with Crippen molar-refractivity contribution >= 4 is 33.0 Å². The first kappa shape index (κ1) is 18.7. The van der Waals surface area contributed by atoms with Crippen LogP contribution in [0.25, 0.3) is 0 Å². The first-order valence-electron chi connectivity index (χ1n) is 5.95. The van der Waals surface area contributed by atoms with E-state index in [2.05, 4.69) is 4.72 Å². The van der Waals surface area contributed by atoms with Gasteiger partial charge in [0.2, 0.25) is 10.0 Å². The molecule has 0 aliphatic heterocycles. The molecule has 2 N–H and O–H groups in total. The predicted molar refractivity (Wildman–Crippen MR) is 75.0 cm³/mol. The highest BCUT2D eigenvalue weighted by Crippen LogP contribution is 2.29. The maximum atomic E-state index is 12.4. The Hall–Kier alpha value is -0.350. The van der Waals surface area contributed by atoms with Crippen molar-refractivity contribution in [2.75, 3.05) is 0 Å². The molecule has 1 aromatic heterocycles. The normalized spacial score (nSPS) is 17.5. The summed E-state index contributed by atoms with van der Waals surface area (Å²) in [7, 11) is -4.03. The minimum absolute atomic E-state index is 0.114. The number of rotatable bonds is 6. The lowest BCUT2D eigenvalue weighted by molar-refractivity contribution is -0.146. The monoisotopic (exact) mass is 365 g/mol. The summed E-state index contributed by atoms with van der Waals surface area (Å²) in [4.78, 5) is 0. The van der Waals surface area contributed by atoms with Crippen molar-refractivity contribution in [3.8, 4) is 0 Å². The molecule has 1 aromatic rings. The van der Waals surface area contributed by atoms with Crippen molar-refractivity contribution in [3.05, 3.63) is 16.5 Å². The van der Waals surface area contributed by atoms with Gasteiger partial charge in [0.15, 0.2) is 0 Å². The zero-order valence-corrected chi connectivity index (χ0v) is 13.6. The number of sulfonamides is 1. The Balaban J connectivity index is 2.93. The van der Waals surface area contributed by atoms with E-state index >= 15 is 0 Å². The average molecular weight is 366 g/mol.